The van der Waals surface area contributed by atoms with Crippen LogP contribution in [0.4, 0.5) is 0 Å². The lowest BCUT2D eigenvalue weighted by Crippen LogP contribution is -2.40. The molecule has 0 N–H and O–H groups in total. The molecule has 0 radical (unpaired) electrons. The first-order valence-electron chi connectivity index (χ1n) is 5.99. The Morgan fingerprint density at radius 2 is 1.85 bits per heavy atom. The molecule has 0 aliphatic carbocycles. The van der Waals surface area contributed by atoms with Gasteiger partial charge in [0.05, 0.1) is 18.1 Å². The normalized spacial score (nSPS) is 16.9. The summed E-state index contributed by atoms with van der Waals surface area (Å²) in [5, 5.41) is -0.616. The summed E-state index contributed by atoms with van der Waals surface area (Å²) >= 11 is 5.15. The first-order valence-corrected chi connectivity index (χ1v) is 7.81. The highest BCUT2D eigenvalue weighted by Gasteiger charge is 2.26. The molecule has 0 saturated carbocycles. The minimum absolute atomic E-state index is 0.184. The average molecular weight is 320 g/mol. The number of morpholine rings is 1. The van der Waals surface area contributed by atoms with Gasteiger partial charge >= 0.3 is 0 Å². The van der Waals surface area contributed by atoms with E-state index in [0.717, 1.165) is 0 Å². The van der Waals surface area contributed by atoms with E-state index in [2.05, 4.69) is 0 Å². The van der Waals surface area contributed by atoms with Crippen molar-refractivity contribution >= 4 is 26.9 Å². The fourth-order valence-corrected chi connectivity index (χ4v) is 3.25. The highest BCUT2D eigenvalue weighted by atomic mass is 35.5. The number of benzene rings is 1. The number of carbonyl (C=O) groups excluding carboxylic acids is 1. The van der Waals surface area contributed by atoms with Gasteiger partial charge in [0, 0.05) is 13.1 Å². The van der Waals surface area contributed by atoms with Gasteiger partial charge in [-0.25, -0.2) is 8.42 Å². The molecule has 6 nitrogen and oxygen atoms in total. The van der Waals surface area contributed by atoms with Gasteiger partial charge in [-0.1, -0.05) is 0 Å². The average Bonchev–Trinajstić information content (AvgIpc) is 2.46. The van der Waals surface area contributed by atoms with Crippen molar-refractivity contribution in [2.45, 2.75) is 4.90 Å². The van der Waals surface area contributed by atoms with Gasteiger partial charge in [0.1, 0.15) is 5.75 Å². The predicted molar refractivity (Wildman–Crippen MR) is 72.4 cm³/mol. The number of rotatable bonds is 5. The Bertz CT molecular complexity index is 566. The molecule has 1 aliphatic rings. The molecule has 1 heterocycles. The predicted octanol–water partition coefficient (Wildman–Crippen LogP) is 0.852. The molecule has 1 aliphatic heterocycles. The molecule has 2 rings (SSSR count). The maximum absolute atomic E-state index is 12.3. The second-order valence-electron chi connectivity index (χ2n) is 4.13. The van der Waals surface area contributed by atoms with Crippen molar-refractivity contribution in [2.24, 2.45) is 0 Å². The number of hydrogen-bond donors (Lipinski definition) is 0. The van der Waals surface area contributed by atoms with Crippen molar-refractivity contribution in [1.82, 2.24) is 4.31 Å². The van der Waals surface area contributed by atoms with E-state index in [0.29, 0.717) is 32.1 Å². The van der Waals surface area contributed by atoms with Gasteiger partial charge in [0.2, 0.25) is 10.0 Å². The van der Waals surface area contributed by atoms with E-state index in [9.17, 15) is 13.2 Å². The Kier molecular flexibility index (Phi) is 4.98. The van der Waals surface area contributed by atoms with E-state index in [-0.39, 0.29) is 11.5 Å². The van der Waals surface area contributed by atoms with Crippen LogP contribution in [-0.2, 0) is 19.6 Å². The minimum Gasteiger partial charge on any atom is -0.484 e. The second-order valence-corrected chi connectivity index (χ2v) is 6.49. The standard InChI is InChI=1S/C12H14ClNO5S/c13-12(15)9-19-10-1-3-11(4-2-10)20(16,17)14-5-7-18-8-6-14/h1-4H,5-9H2. The van der Waals surface area contributed by atoms with Crippen LogP contribution in [0.15, 0.2) is 29.2 Å². The fourth-order valence-electron chi connectivity index (χ4n) is 1.78. The Morgan fingerprint density at radius 3 is 2.40 bits per heavy atom. The van der Waals surface area contributed by atoms with Crippen LogP contribution in [0.2, 0.25) is 0 Å². The summed E-state index contributed by atoms with van der Waals surface area (Å²) in [4.78, 5) is 10.8. The van der Waals surface area contributed by atoms with Crippen LogP contribution in [0.5, 0.6) is 5.75 Å². The molecule has 0 bridgehead atoms. The maximum atomic E-state index is 12.3. The van der Waals surface area contributed by atoms with Gasteiger partial charge in [-0.15, -0.1) is 0 Å². The van der Waals surface area contributed by atoms with Crippen LogP contribution in [0.25, 0.3) is 0 Å². The van der Waals surface area contributed by atoms with E-state index in [1.54, 1.807) is 0 Å². The van der Waals surface area contributed by atoms with E-state index in [1.807, 2.05) is 0 Å². The zero-order valence-corrected chi connectivity index (χ0v) is 12.2. The number of halogens is 1. The summed E-state index contributed by atoms with van der Waals surface area (Å²) in [5.74, 6) is 0.389. The topological polar surface area (TPSA) is 72.9 Å². The SMILES string of the molecule is O=C(Cl)COc1ccc(S(=O)(=O)N2CCOCC2)cc1. The van der Waals surface area contributed by atoms with Crippen LogP contribution in [0.3, 0.4) is 0 Å². The van der Waals surface area contributed by atoms with Gasteiger partial charge in [-0.05, 0) is 35.9 Å². The Balaban J connectivity index is 2.10. The lowest BCUT2D eigenvalue weighted by molar-refractivity contribution is -0.113. The lowest BCUT2D eigenvalue weighted by atomic mass is 10.3. The van der Waals surface area contributed by atoms with Crippen LogP contribution in [0, 0.1) is 0 Å². The molecule has 0 unspecified atom stereocenters. The minimum atomic E-state index is -3.51. The zero-order chi connectivity index (χ0) is 14.6. The van der Waals surface area contributed by atoms with Crippen LogP contribution < -0.4 is 4.74 Å². The molecule has 0 atom stereocenters. The summed E-state index contributed by atoms with van der Waals surface area (Å²) < 4.78 is 36.2. The zero-order valence-electron chi connectivity index (χ0n) is 10.6. The maximum Gasteiger partial charge on any atom is 0.259 e. The lowest BCUT2D eigenvalue weighted by Gasteiger charge is -2.26. The molecular formula is C12H14ClNO5S. The van der Waals surface area contributed by atoms with Crippen LogP contribution in [-0.4, -0.2) is 50.9 Å². The quantitative estimate of drug-likeness (QED) is 0.752. The van der Waals surface area contributed by atoms with E-state index >= 15 is 0 Å². The van der Waals surface area contributed by atoms with E-state index in [4.69, 9.17) is 21.1 Å². The number of ether oxygens (including phenoxy) is 2. The molecule has 1 fully saturated rings. The third-order valence-electron chi connectivity index (χ3n) is 2.78. The molecular weight excluding hydrogens is 306 g/mol. The number of sulfonamides is 1. The molecule has 8 heteroatoms. The molecule has 1 aromatic rings. The highest BCUT2D eigenvalue weighted by Crippen LogP contribution is 2.20. The van der Waals surface area contributed by atoms with Crippen molar-refractivity contribution in [1.29, 1.82) is 0 Å². The summed E-state index contributed by atoms with van der Waals surface area (Å²) in [5.41, 5.74) is 0. The number of hydrogen-bond acceptors (Lipinski definition) is 5. The largest absolute Gasteiger partial charge is 0.484 e. The first kappa shape index (κ1) is 15.2. The molecule has 0 amide bonds. The van der Waals surface area contributed by atoms with Crippen molar-refractivity contribution in [2.75, 3.05) is 32.9 Å². The monoisotopic (exact) mass is 319 g/mol. The van der Waals surface area contributed by atoms with Crippen molar-refractivity contribution in [3.8, 4) is 5.75 Å². The Labute approximate surface area is 122 Å². The molecule has 0 aromatic heterocycles. The summed E-state index contributed by atoms with van der Waals surface area (Å²) in [7, 11) is -3.51. The van der Waals surface area contributed by atoms with Gasteiger partial charge in [-0.2, -0.15) is 4.31 Å². The van der Waals surface area contributed by atoms with Gasteiger partial charge in [-0.3, -0.25) is 4.79 Å². The molecule has 1 saturated heterocycles. The summed E-state index contributed by atoms with van der Waals surface area (Å²) in [6.07, 6.45) is 0. The molecule has 0 spiro atoms. The molecule has 1 aromatic carbocycles. The van der Waals surface area contributed by atoms with E-state index in [1.165, 1.54) is 28.6 Å². The third kappa shape index (κ3) is 3.69. The van der Waals surface area contributed by atoms with Crippen molar-refractivity contribution in [3.05, 3.63) is 24.3 Å². The van der Waals surface area contributed by atoms with Gasteiger partial charge in [0.15, 0.2) is 6.61 Å². The highest BCUT2D eigenvalue weighted by molar-refractivity contribution is 7.89. The Morgan fingerprint density at radius 1 is 1.25 bits per heavy atom. The van der Waals surface area contributed by atoms with E-state index < -0.39 is 15.3 Å². The Hall–Kier alpha value is -1.15. The first-order chi connectivity index (χ1) is 9.50. The van der Waals surface area contributed by atoms with Gasteiger partial charge < -0.3 is 9.47 Å². The van der Waals surface area contributed by atoms with Gasteiger partial charge in [0.25, 0.3) is 5.24 Å². The van der Waals surface area contributed by atoms with Crippen LogP contribution >= 0.6 is 11.6 Å². The number of nitrogens with zero attached hydrogens (tertiary/aromatic N) is 1. The smallest absolute Gasteiger partial charge is 0.259 e. The number of carbonyl (C=O) groups is 1. The van der Waals surface area contributed by atoms with Crippen LogP contribution in [0.1, 0.15) is 0 Å². The third-order valence-corrected chi connectivity index (χ3v) is 4.81. The molecule has 20 heavy (non-hydrogen) atoms. The van der Waals surface area contributed by atoms with Crippen molar-refractivity contribution in [3.63, 3.8) is 0 Å². The fraction of sp³-hybridized carbons (Fsp3) is 0.417. The summed E-state index contributed by atoms with van der Waals surface area (Å²) in [6.45, 7) is 1.25. The summed E-state index contributed by atoms with van der Waals surface area (Å²) in [6, 6.07) is 5.87. The molecule has 110 valence electrons. The second kappa shape index (κ2) is 6.53. The van der Waals surface area contributed by atoms with Crippen molar-refractivity contribution < 1.29 is 22.7 Å².